The molecular formula is C27H31N3O3S. The van der Waals surface area contributed by atoms with Gasteiger partial charge in [-0.3, -0.25) is 14.4 Å². The molecule has 1 aliphatic rings. The Morgan fingerprint density at radius 1 is 0.882 bits per heavy atom. The van der Waals surface area contributed by atoms with Crippen molar-refractivity contribution in [2.75, 3.05) is 17.8 Å². The molecule has 1 saturated heterocycles. The molecule has 0 atom stereocenters. The lowest BCUT2D eigenvalue weighted by molar-refractivity contribution is 0.0951. The van der Waals surface area contributed by atoms with Gasteiger partial charge < -0.3 is 5.32 Å². The Balaban J connectivity index is 1.32. The van der Waals surface area contributed by atoms with Crippen LogP contribution in [0.1, 0.15) is 45.5 Å². The summed E-state index contributed by atoms with van der Waals surface area (Å²) in [6, 6.07) is 20.1. The maximum Gasteiger partial charge on any atom is 0.262 e. The number of hydrogen-bond acceptors (Lipinski definition) is 4. The highest BCUT2D eigenvalue weighted by Crippen LogP contribution is 2.21. The van der Waals surface area contributed by atoms with Crippen molar-refractivity contribution in [2.24, 2.45) is 0 Å². The molecule has 34 heavy (non-hydrogen) atoms. The van der Waals surface area contributed by atoms with Crippen molar-refractivity contribution < 1.29 is 13.2 Å². The van der Waals surface area contributed by atoms with E-state index >= 15 is 0 Å². The van der Waals surface area contributed by atoms with Gasteiger partial charge in [0, 0.05) is 24.3 Å². The molecule has 0 unspecified atom stereocenters. The Morgan fingerprint density at radius 3 is 2.21 bits per heavy atom. The zero-order valence-corrected chi connectivity index (χ0v) is 20.5. The summed E-state index contributed by atoms with van der Waals surface area (Å²) in [7, 11) is -3.71. The minimum absolute atomic E-state index is 0.204. The van der Waals surface area contributed by atoms with Crippen LogP contribution in [0.2, 0.25) is 0 Å². The Morgan fingerprint density at radius 2 is 1.53 bits per heavy atom. The van der Waals surface area contributed by atoms with E-state index in [1.54, 1.807) is 43.3 Å². The number of likely N-dealkylation sites (tertiary alicyclic amines) is 1. The van der Waals surface area contributed by atoms with Gasteiger partial charge in [0.15, 0.2) is 0 Å². The third-order valence-corrected chi connectivity index (χ3v) is 7.64. The molecule has 0 radical (unpaired) electrons. The van der Waals surface area contributed by atoms with Gasteiger partial charge in [-0.15, -0.1) is 0 Å². The number of nitrogens with zero attached hydrogens (tertiary/aromatic N) is 1. The summed E-state index contributed by atoms with van der Waals surface area (Å²) in [6.07, 6.45) is 2.56. The molecule has 1 fully saturated rings. The smallest absolute Gasteiger partial charge is 0.262 e. The fourth-order valence-corrected chi connectivity index (χ4v) is 5.53. The van der Waals surface area contributed by atoms with Crippen molar-refractivity contribution in [3.8, 4) is 0 Å². The number of amides is 1. The van der Waals surface area contributed by atoms with E-state index in [-0.39, 0.29) is 10.8 Å². The monoisotopic (exact) mass is 477 g/mol. The molecule has 0 aromatic heterocycles. The molecular weight excluding hydrogens is 446 g/mol. The molecule has 2 N–H and O–H groups in total. The molecule has 0 aliphatic carbocycles. The predicted octanol–water partition coefficient (Wildman–Crippen LogP) is 4.63. The number of benzene rings is 3. The Labute approximate surface area is 202 Å². The van der Waals surface area contributed by atoms with Gasteiger partial charge in [0.1, 0.15) is 0 Å². The molecule has 6 nitrogen and oxygen atoms in total. The van der Waals surface area contributed by atoms with Crippen LogP contribution in [-0.2, 0) is 23.1 Å². The summed E-state index contributed by atoms with van der Waals surface area (Å²) in [4.78, 5) is 15.3. The summed E-state index contributed by atoms with van der Waals surface area (Å²) in [5.74, 6) is -0.204. The van der Waals surface area contributed by atoms with Crippen molar-refractivity contribution in [3.63, 3.8) is 0 Å². The van der Waals surface area contributed by atoms with Gasteiger partial charge in [0.25, 0.3) is 15.9 Å². The average Bonchev–Trinajstić information content (AvgIpc) is 3.33. The van der Waals surface area contributed by atoms with Crippen LogP contribution in [0.4, 0.5) is 5.69 Å². The summed E-state index contributed by atoms with van der Waals surface area (Å²) >= 11 is 0. The molecule has 3 aromatic rings. The lowest BCUT2D eigenvalue weighted by atomic mass is 10.1. The van der Waals surface area contributed by atoms with Gasteiger partial charge in [-0.25, -0.2) is 8.42 Å². The molecule has 1 aliphatic heterocycles. The van der Waals surface area contributed by atoms with Crippen LogP contribution in [0.25, 0.3) is 0 Å². The predicted molar refractivity (Wildman–Crippen MR) is 135 cm³/mol. The second-order valence-corrected chi connectivity index (χ2v) is 10.6. The minimum atomic E-state index is -3.71. The fraction of sp³-hybridized carbons (Fsp3) is 0.296. The van der Waals surface area contributed by atoms with Crippen LogP contribution in [-0.4, -0.2) is 32.3 Å². The van der Waals surface area contributed by atoms with Gasteiger partial charge in [-0.1, -0.05) is 36.4 Å². The Kier molecular flexibility index (Phi) is 7.34. The molecule has 1 heterocycles. The summed E-state index contributed by atoms with van der Waals surface area (Å²) in [5.41, 5.74) is 4.76. The molecule has 0 bridgehead atoms. The first-order chi connectivity index (χ1) is 16.3. The second kappa shape index (κ2) is 10.4. The van der Waals surface area contributed by atoms with E-state index in [0.29, 0.717) is 23.4 Å². The maximum atomic E-state index is 12.8. The first kappa shape index (κ1) is 24.0. The largest absolute Gasteiger partial charge is 0.348 e. The van der Waals surface area contributed by atoms with Gasteiger partial charge in [0.2, 0.25) is 0 Å². The Hall–Kier alpha value is -3.16. The molecule has 3 aromatic carbocycles. The van der Waals surface area contributed by atoms with Crippen LogP contribution in [0, 0.1) is 13.8 Å². The van der Waals surface area contributed by atoms with E-state index in [1.165, 1.54) is 31.5 Å². The average molecular weight is 478 g/mol. The number of sulfonamides is 1. The molecule has 4 rings (SSSR count). The van der Waals surface area contributed by atoms with Gasteiger partial charge in [0.05, 0.1) is 4.90 Å². The van der Waals surface area contributed by atoms with Crippen molar-refractivity contribution in [2.45, 2.75) is 44.7 Å². The number of hydrogen-bond donors (Lipinski definition) is 2. The zero-order chi connectivity index (χ0) is 24.1. The van der Waals surface area contributed by atoms with Crippen molar-refractivity contribution in [1.82, 2.24) is 10.2 Å². The van der Waals surface area contributed by atoms with Crippen molar-refractivity contribution >= 4 is 21.6 Å². The summed E-state index contributed by atoms with van der Waals surface area (Å²) < 4.78 is 28.2. The van der Waals surface area contributed by atoms with Gasteiger partial charge in [-0.05, 0) is 92.4 Å². The van der Waals surface area contributed by atoms with Crippen molar-refractivity contribution in [3.05, 3.63) is 94.5 Å². The minimum Gasteiger partial charge on any atom is -0.348 e. The second-order valence-electron chi connectivity index (χ2n) is 8.93. The SMILES string of the molecule is Cc1ccc(C)c(S(=O)(=O)Nc2ccc(C(=O)NCc3ccc(CN4CCCC4)cc3)cc2)c1. The summed E-state index contributed by atoms with van der Waals surface area (Å²) in [6.45, 7) is 7.38. The van der Waals surface area contributed by atoms with Crippen LogP contribution in [0.15, 0.2) is 71.6 Å². The van der Waals surface area contributed by atoms with Crippen LogP contribution < -0.4 is 10.0 Å². The highest BCUT2D eigenvalue weighted by atomic mass is 32.2. The lowest BCUT2D eigenvalue weighted by Crippen LogP contribution is -2.23. The molecule has 178 valence electrons. The van der Waals surface area contributed by atoms with Crippen LogP contribution >= 0.6 is 0 Å². The van der Waals surface area contributed by atoms with E-state index in [4.69, 9.17) is 0 Å². The lowest BCUT2D eigenvalue weighted by Gasteiger charge is -2.14. The fourth-order valence-electron chi connectivity index (χ4n) is 4.14. The van der Waals surface area contributed by atoms with E-state index in [1.807, 2.05) is 13.0 Å². The highest BCUT2D eigenvalue weighted by molar-refractivity contribution is 7.92. The number of anilines is 1. The number of nitrogens with one attached hydrogen (secondary N) is 2. The quantitative estimate of drug-likeness (QED) is 0.496. The first-order valence-electron chi connectivity index (χ1n) is 11.6. The zero-order valence-electron chi connectivity index (χ0n) is 19.7. The normalized spacial score (nSPS) is 14.2. The van der Waals surface area contributed by atoms with Crippen molar-refractivity contribution in [1.29, 1.82) is 0 Å². The number of aryl methyl sites for hydroxylation is 2. The van der Waals surface area contributed by atoms with E-state index < -0.39 is 10.0 Å². The van der Waals surface area contributed by atoms with Crippen LogP contribution in [0.3, 0.4) is 0 Å². The summed E-state index contributed by atoms with van der Waals surface area (Å²) in [5, 5.41) is 2.93. The van der Waals surface area contributed by atoms with Crippen LogP contribution in [0.5, 0.6) is 0 Å². The topological polar surface area (TPSA) is 78.5 Å². The molecule has 7 heteroatoms. The molecule has 0 saturated carbocycles. The maximum absolute atomic E-state index is 12.8. The van der Waals surface area contributed by atoms with Gasteiger partial charge >= 0.3 is 0 Å². The third-order valence-electron chi connectivity index (χ3n) is 6.11. The van der Waals surface area contributed by atoms with E-state index in [9.17, 15) is 13.2 Å². The number of carbonyl (C=O) groups excluding carboxylic acids is 1. The highest BCUT2D eigenvalue weighted by Gasteiger charge is 2.17. The first-order valence-corrected chi connectivity index (χ1v) is 13.1. The van der Waals surface area contributed by atoms with E-state index in [2.05, 4.69) is 39.2 Å². The number of carbonyl (C=O) groups is 1. The third kappa shape index (κ3) is 6.04. The van der Waals surface area contributed by atoms with Gasteiger partial charge in [-0.2, -0.15) is 0 Å². The Bertz CT molecular complexity index is 1250. The number of rotatable bonds is 8. The molecule has 0 spiro atoms. The van der Waals surface area contributed by atoms with E-state index in [0.717, 1.165) is 17.7 Å². The molecule has 1 amide bonds. The standard InChI is InChI=1S/C27H31N3O3S/c1-20-5-6-21(2)26(17-20)34(32,33)29-25-13-11-24(12-14-25)27(31)28-18-22-7-9-23(10-8-22)19-30-15-3-4-16-30/h5-14,17,29H,3-4,15-16,18-19H2,1-2H3,(H,28,31).